The first-order valence-electron chi connectivity index (χ1n) is 12.2. The lowest BCUT2D eigenvalue weighted by Crippen LogP contribution is -2.24. The summed E-state index contributed by atoms with van der Waals surface area (Å²) in [5.74, 6) is 2.39. The van der Waals surface area contributed by atoms with Gasteiger partial charge in [-0.2, -0.15) is 0 Å². The van der Waals surface area contributed by atoms with Crippen molar-refractivity contribution in [2.24, 2.45) is 17.3 Å². The van der Waals surface area contributed by atoms with Crippen molar-refractivity contribution >= 4 is 0 Å². The third kappa shape index (κ3) is 8.38. The molecule has 4 nitrogen and oxygen atoms in total. The predicted molar refractivity (Wildman–Crippen MR) is 136 cm³/mol. The summed E-state index contributed by atoms with van der Waals surface area (Å²) in [5.41, 5.74) is 4.50. The molecular weight excluding hydrogens is 396 g/mol. The third-order valence-electron chi connectivity index (χ3n) is 6.93. The van der Waals surface area contributed by atoms with E-state index in [0.29, 0.717) is 11.8 Å². The summed E-state index contributed by atoms with van der Waals surface area (Å²) < 4.78 is 10.7. The van der Waals surface area contributed by atoms with Gasteiger partial charge in [0.1, 0.15) is 5.76 Å². The van der Waals surface area contributed by atoms with Gasteiger partial charge in [0.05, 0.1) is 6.61 Å². The number of allylic oxidation sites excluding steroid dienone is 3. The van der Waals surface area contributed by atoms with E-state index in [1.807, 2.05) is 14.0 Å². The molecule has 1 N–H and O–H groups in total. The number of nitrogens with one attached hydrogen (secondary N) is 1. The van der Waals surface area contributed by atoms with E-state index in [2.05, 4.69) is 79.1 Å². The first-order chi connectivity index (χ1) is 15.3. The number of nitrogens with zero attached hydrogens (tertiary/aromatic N) is 1. The van der Waals surface area contributed by atoms with Gasteiger partial charge in [0.25, 0.3) is 0 Å². The van der Waals surface area contributed by atoms with Crippen molar-refractivity contribution in [2.45, 2.75) is 54.0 Å². The van der Waals surface area contributed by atoms with E-state index in [1.165, 1.54) is 23.2 Å². The van der Waals surface area contributed by atoms with Crippen molar-refractivity contribution < 1.29 is 9.47 Å². The largest absolute Gasteiger partial charge is 0.494 e. The van der Waals surface area contributed by atoms with Crippen LogP contribution >= 0.6 is 0 Å². The minimum Gasteiger partial charge on any atom is -0.494 e. The number of benzene rings is 1. The van der Waals surface area contributed by atoms with Gasteiger partial charge in [-0.1, -0.05) is 50.6 Å². The summed E-state index contributed by atoms with van der Waals surface area (Å²) in [6.07, 6.45) is 6.70. The zero-order valence-electron chi connectivity index (χ0n) is 21.5. The molecule has 0 saturated carbocycles. The molecule has 1 fully saturated rings. The van der Waals surface area contributed by atoms with Crippen molar-refractivity contribution in [1.82, 2.24) is 10.2 Å². The molecule has 1 aromatic carbocycles. The Kier molecular flexibility index (Phi) is 11.0. The topological polar surface area (TPSA) is 33.7 Å². The van der Waals surface area contributed by atoms with Crippen LogP contribution in [-0.2, 0) is 22.4 Å². The average Bonchev–Trinajstić information content (AvgIpc) is 3.13. The third-order valence-corrected chi connectivity index (χ3v) is 6.93. The number of methoxy groups -OCH3 is 1. The molecule has 4 heteroatoms. The normalized spacial score (nSPS) is 22.6. The first kappa shape index (κ1) is 26.6. The predicted octanol–water partition coefficient (Wildman–Crippen LogP) is 5.45. The highest BCUT2D eigenvalue weighted by Crippen LogP contribution is 2.35. The minimum absolute atomic E-state index is 0.273. The van der Waals surface area contributed by atoms with Crippen LogP contribution in [0.5, 0.6) is 0 Å². The van der Waals surface area contributed by atoms with Gasteiger partial charge in [-0.15, -0.1) is 0 Å². The van der Waals surface area contributed by atoms with E-state index in [-0.39, 0.29) is 5.41 Å². The average molecular weight is 443 g/mol. The van der Waals surface area contributed by atoms with Crippen LogP contribution in [0.1, 0.15) is 52.2 Å². The number of likely N-dealkylation sites (tertiary alicyclic amines) is 1. The Bertz CT molecular complexity index is 752. The van der Waals surface area contributed by atoms with Crippen molar-refractivity contribution in [3.63, 3.8) is 0 Å². The van der Waals surface area contributed by atoms with Crippen LogP contribution in [0.25, 0.3) is 0 Å². The Balaban J connectivity index is 0.000000837. The monoisotopic (exact) mass is 442 g/mol. The molecule has 2 aliphatic rings. The molecule has 3 rings (SSSR count). The van der Waals surface area contributed by atoms with E-state index >= 15 is 0 Å². The van der Waals surface area contributed by atoms with Crippen molar-refractivity contribution in [3.05, 3.63) is 58.9 Å². The summed E-state index contributed by atoms with van der Waals surface area (Å²) >= 11 is 0. The van der Waals surface area contributed by atoms with Gasteiger partial charge in [-0.25, -0.2) is 0 Å². The summed E-state index contributed by atoms with van der Waals surface area (Å²) in [6, 6.07) is 8.97. The van der Waals surface area contributed by atoms with Crippen LogP contribution in [0.3, 0.4) is 0 Å². The Morgan fingerprint density at radius 1 is 1.19 bits per heavy atom. The molecule has 0 radical (unpaired) electrons. The molecule has 0 unspecified atom stereocenters. The highest BCUT2D eigenvalue weighted by atomic mass is 16.5. The van der Waals surface area contributed by atoms with Gasteiger partial charge in [-0.3, -0.25) is 0 Å². The summed E-state index contributed by atoms with van der Waals surface area (Å²) in [5, 5.41) is 3.24. The maximum Gasteiger partial charge on any atom is 0.115 e. The maximum absolute atomic E-state index is 6.21. The summed E-state index contributed by atoms with van der Waals surface area (Å²) in [4.78, 5) is 2.61. The second-order valence-electron chi connectivity index (χ2n) is 10.0. The van der Waals surface area contributed by atoms with Crippen molar-refractivity contribution in [1.29, 1.82) is 0 Å². The lowest BCUT2D eigenvalue weighted by molar-refractivity contribution is 0.156. The smallest absolute Gasteiger partial charge is 0.115 e. The fourth-order valence-electron chi connectivity index (χ4n) is 4.22. The van der Waals surface area contributed by atoms with E-state index in [0.717, 1.165) is 51.4 Å². The van der Waals surface area contributed by atoms with E-state index in [9.17, 15) is 0 Å². The SMILES string of the molecule is CCOC.CNCc1cccc(CCN2C[C@@H](COC3=CCC(C)(C)C(C)=C3)[C@H](C)C2)c1. The number of rotatable bonds is 9. The number of hydrogen-bond donors (Lipinski definition) is 1. The van der Waals surface area contributed by atoms with Crippen LogP contribution in [-0.4, -0.2) is 51.9 Å². The standard InChI is InChI=1S/C25H38N2O.C3H8O/c1-19-16-27(12-10-21-7-6-8-22(14-21)15-26-5)17-23(19)18-28-24-9-11-25(3,4)20(2)13-24;1-3-4-2/h6-9,13-14,19,23,26H,10-12,15-18H2,1-5H3;3H2,1-2H3/t19-,23+;/m1./s1. The fourth-order valence-corrected chi connectivity index (χ4v) is 4.22. The number of ether oxygens (including phenoxy) is 2. The molecule has 0 aromatic heterocycles. The van der Waals surface area contributed by atoms with E-state index < -0.39 is 0 Å². The van der Waals surface area contributed by atoms with Gasteiger partial charge < -0.3 is 19.7 Å². The Morgan fingerprint density at radius 3 is 2.56 bits per heavy atom. The lowest BCUT2D eigenvalue weighted by atomic mass is 9.79. The lowest BCUT2D eigenvalue weighted by Gasteiger charge is -2.29. The molecule has 0 amide bonds. The molecular formula is C28H46N2O2. The molecule has 0 spiro atoms. The highest BCUT2D eigenvalue weighted by Gasteiger charge is 2.30. The quantitative estimate of drug-likeness (QED) is 0.552. The molecule has 180 valence electrons. The Morgan fingerprint density at radius 2 is 1.91 bits per heavy atom. The molecule has 1 aromatic rings. The Hall–Kier alpha value is -1.62. The molecule has 0 bridgehead atoms. The summed E-state index contributed by atoms with van der Waals surface area (Å²) in [6.45, 7) is 17.2. The second-order valence-corrected chi connectivity index (χ2v) is 10.0. The van der Waals surface area contributed by atoms with Crippen LogP contribution in [0.4, 0.5) is 0 Å². The molecule has 1 saturated heterocycles. The van der Waals surface area contributed by atoms with Crippen molar-refractivity contribution in [2.75, 3.05) is 47.0 Å². The molecule has 1 aliphatic carbocycles. The van der Waals surface area contributed by atoms with Crippen molar-refractivity contribution in [3.8, 4) is 0 Å². The first-order valence-corrected chi connectivity index (χ1v) is 12.2. The summed E-state index contributed by atoms with van der Waals surface area (Å²) in [7, 11) is 3.68. The van der Waals surface area contributed by atoms with Gasteiger partial charge in [0.15, 0.2) is 0 Å². The number of hydrogen-bond acceptors (Lipinski definition) is 4. The molecule has 1 aliphatic heterocycles. The molecule has 2 atom stereocenters. The minimum atomic E-state index is 0.273. The van der Waals surface area contributed by atoms with Crippen LogP contribution in [0, 0.1) is 17.3 Å². The molecule has 32 heavy (non-hydrogen) atoms. The Labute approximate surface area is 197 Å². The van der Waals surface area contributed by atoms with Gasteiger partial charge in [0.2, 0.25) is 0 Å². The fraction of sp³-hybridized carbons (Fsp3) is 0.643. The van der Waals surface area contributed by atoms with Crippen LogP contribution in [0.2, 0.25) is 0 Å². The van der Waals surface area contributed by atoms with Gasteiger partial charge >= 0.3 is 0 Å². The highest BCUT2D eigenvalue weighted by molar-refractivity contribution is 5.27. The van der Waals surface area contributed by atoms with Crippen LogP contribution < -0.4 is 5.32 Å². The van der Waals surface area contributed by atoms with E-state index in [4.69, 9.17) is 4.74 Å². The second kappa shape index (κ2) is 13.2. The maximum atomic E-state index is 6.21. The zero-order chi connectivity index (χ0) is 23.6. The van der Waals surface area contributed by atoms with Crippen LogP contribution in [0.15, 0.2) is 47.7 Å². The zero-order valence-corrected chi connectivity index (χ0v) is 21.5. The molecule has 1 heterocycles. The van der Waals surface area contributed by atoms with Gasteiger partial charge in [-0.05, 0) is 68.3 Å². The van der Waals surface area contributed by atoms with Gasteiger partial charge in [0, 0.05) is 45.8 Å². The van der Waals surface area contributed by atoms with E-state index in [1.54, 1.807) is 7.11 Å².